The molecule has 1 aliphatic rings. The van der Waals surface area contributed by atoms with E-state index in [4.69, 9.17) is 4.74 Å². The van der Waals surface area contributed by atoms with Crippen LogP contribution in [0, 0.1) is 17.5 Å². The molecule has 9 heteroatoms. The van der Waals surface area contributed by atoms with Gasteiger partial charge < -0.3 is 20.7 Å². The average molecular weight is 393 g/mol. The van der Waals surface area contributed by atoms with Crippen LogP contribution >= 0.6 is 0 Å². The Bertz CT molecular complexity index is 867. The lowest BCUT2D eigenvalue weighted by Gasteiger charge is -2.20. The highest BCUT2D eigenvalue weighted by atomic mass is 19.1. The van der Waals surface area contributed by atoms with Crippen molar-refractivity contribution in [3.8, 4) is 5.75 Å². The zero-order valence-electron chi connectivity index (χ0n) is 14.9. The molecule has 6 nitrogen and oxygen atoms in total. The lowest BCUT2D eigenvalue weighted by molar-refractivity contribution is -0.120. The van der Waals surface area contributed by atoms with Crippen LogP contribution in [0.5, 0.6) is 5.75 Å². The van der Waals surface area contributed by atoms with Gasteiger partial charge in [-0.15, -0.1) is 0 Å². The van der Waals surface area contributed by atoms with E-state index in [1.165, 1.54) is 12.1 Å². The van der Waals surface area contributed by atoms with Gasteiger partial charge in [0.1, 0.15) is 29.2 Å². The molecule has 2 atom stereocenters. The molecular formula is C19H18F3N3O3. The smallest absolute Gasteiger partial charge is 0.319 e. The molecule has 3 N–H and O–H groups in total. The minimum Gasteiger partial charge on any atom is -0.494 e. The van der Waals surface area contributed by atoms with E-state index in [2.05, 4.69) is 16.0 Å². The van der Waals surface area contributed by atoms with Crippen LogP contribution in [0.15, 0.2) is 36.4 Å². The maximum atomic E-state index is 14.5. The molecule has 1 saturated heterocycles. The Morgan fingerprint density at radius 2 is 1.82 bits per heavy atom. The number of amides is 3. The highest BCUT2D eigenvalue weighted by Gasteiger charge is 2.40. The molecule has 0 spiro atoms. The number of ether oxygens (including phenoxy) is 1. The van der Waals surface area contributed by atoms with Crippen molar-refractivity contribution in [3.63, 3.8) is 0 Å². The first-order valence-electron chi connectivity index (χ1n) is 8.61. The minimum atomic E-state index is -1.18. The lowest BCUT2D eigenvalue weighted by atomic mass is 9.93. The summed E-state index contributed by atoms with van der Waals surface area (Å²) in [6.07, 6.45) is 0. The Balaban J connectivity index is 1.78. The molecule has 0 unspecified atom stereocenters. The van der Waals surface area contributed by atoms with E-state index in [1.54, 1.807) is 6.92 Å². The van der Waals surface area contributed by atoms with E-state index in [9.17, 15) is 22.8 Å². The lowest BCUT2D eigenvalue weighted by Crippen LogP contribution is -2.45. The largest absolute Gasteiger partial charge is 0.494 e. The van der Waals surface area contributed by atoms with Gasteiger partial charge in [-0.2, -0.15) is 0 Å². The average Bonchev–Trinajstić information content (AvgIpc) is 2.97. The highest BCUT2D eigenvalue weighted by Crippen LogP contribution is 2.31. The summed E-state index contributed by atoms with van der Waals surface area (Å²) >= 11 is 0. The first-order valence-corrected chi connectivity index (χ1v) is 8.61. The zero-order chi connectivity index (χ0) is 20.3. The van der Waals surface area contributed by atoms with E-state index in [0.29, 0.717) is 5.69 Å². The van der Waals surface area contributed by atoms with Crippen molar-refractivity contribution < 1.29 is 27.5 Å². The second-order valence-electron chi connectivity index (χ2n) is 6.17. The molecule has 0 aliphatic carbocycles. The summed E-state index contributed by atoms with van der Waals surface area (Å²) in [5, 5.41) is 7.35. The predicted molar refractivity (Wildman–Crippen MR) is 95.6 cm³/mol. The number of urea groups is 1. The number of nitrogens with one attached hydrogen (secondary N) is 3. The standard InChI is InChI=1S/C19H18F3N3O3/c1-2-28-12-7-14(21)16(15(22)8-12)13-9-23-18(26)17(13)25-19(27)24-11-5-3-10(20)4-6-11/h3-8,13,17H,2,9H2,1H3,(H,23,26)(H2,24,25,27)/t13-,17-/m0/s1. The van der Waals surface area contributed by atoms with Crippen LogP contribution in [-0.2, 0) is 4.79 Å². The fraction of sp³-hybridized carbons (Fsp3) is 0.263. The van der Waals surface area contributed by atoms with Crippen LogP contribution in [-0.4, -0.2) is 31.1 Å². The van der Waals surface area contributed by atoms with E-state index >= 15 is 0 Å². The van der Waals surface area contributed by atoms with Gasteiger partial charge in [0.15, 0.2) is 0 Å². The summed E-state index contributed by atoms with van der Waals surface area (Å²) in [6.45, 7) is 1.89. The summed E-state index contributed by atoms with van der Waals surface area (Å²) in [5.41, 5.74) is -0.0128. The maximum Gasteiger partial charge on any atom is 0.319 e. The van der Waals surface area contributed by atoms with Crippen molar-refractivity contribution in [1.29, 1.82) is 0 Å². The van der Waals surface area contributed by atoms with Gasteiger partial charge in [-0.05, 0) is 31.2 Å². The van der Waals surface area contributed by atoms with Gasteiger partial charge in [-0.3, -0.25) is 4.79 Å². The van der Waals surface area contributed by atoms with Crippen LogP contribution in [0.2, 0.25) is 0 Å². The van der Waals surface area contributed by atoms with Crippen LogP contribution in [0.3, 0.4) is 0 Å². The molecule has 3 amide bonds. The fourth-order valence-electron chi connectivity index (χ4n) is 3.06. The van der Waals surface area contributed by atoms with Gasteiger partial charge in [0.25, 0.3) is 0 Å². The van der Waals surface area contributed by atoms with Gasteiger partial charge in [0, 0.05) is 35.8 Å². The van der Waals surface area contributed by atoms with Crippen LogP contribution in [0.4, 0.5) is 23.7 Å². The van der Waals surface area contributed by atoms with E-state index in [-0.39, 0.29) is 24.5 Å². The first kappa shape index (κ1) is 19.5. The van der Waals surface area contributed by atoms with Crippen molar-refractivity contribution >= 4 is 17.6 Å². The Morgan fingerprint density at radius 1 is 1.18 bits per heavy atom. The van der Waals surface area contributed by atoms with Crippen LogP contribution < -0.4 is 20.7 Å². The number of halogens is 3. The molecule has 2 aromatic carbocycles. The SMILES string of the molecule is CCOc1cc(F)c([C@@H]2CNC(=O)[C@H]2NC(=O)Nc2ccc(F)cc2)c(F)c1. The van der Waals surface area contributed by atoms with Crippen molar-refractivity contribution in [2.75, 3.05) is 18.5 Å². The normalized spacial score (nSPS) is 18.5. The number of carbonyl (C=O) groups excluding carboxylic acids is 2. The van der Waals surface area contributed by atoms with Crippen molar-refractivity contribution in [2.24, 2.45) is 0 Å². The van der Waals surface area contributed by atoms with Crippen molar-refractivity contribution in [1.82, 2.24) is 10.6 Å². The fourth-order valence-corrected chi connectivity index (χ4v) is 3.06. The second kappa shape index (κ2) is 8.20. The Kier molecular flexibility index (Phi) is 5.72. The topological polar surface area (TPSA) is 79.5 Å². The maximum absolute atomic E-state index is 14.5. The van der Waals surface area contributed by atoms with Crippen LogP contribution in [0.25, 0.3) is 0 Å². The summed E-state index contributed by atoms with van der Waals surface area (Å²) in [5.74, 6) is -3.67. The van der Waals surface area contributed by atoms with E-state index in [1.807, 2.05) is 0 Å². The quantitative estimate of drug-likeness (QED) is 0.731. The molecule has 3 rings (SSSR count). The Labute approximate surface area is 159 Å². The predicted octanol–water partition coefficient (Wildman–Crippen LogP) is 2.91. The van der Waals surface area contributed by atoms with Gasteiger partial charge in [0.05, 0.1) is 6.61 Å². The van der Waals surface area contributed by atoms with Gasteiger partial charge in [-0.25, -0.2) is 18.0 Å². The number of rotatable bonds is 5. The molecule has 148 valence electrons. The molecular weight excluding hydrogens is 375 g/mol. The second-order valence-corrected chi connectivity index (χ2v) is 6.17. The number of benzene rings is 2. The first-order chi connectivity index (χ1) is 13.4. The summed E-state index contributed by atoms with van der Waals surface area (Å²) < 4.78 is 47.0. The third-order valence-corrected chi connectivity index (χ3v) is 4.30. The third kappa shape index (κ3) is 4.19. The molecule has 0 bridgehead atoms. The minimum absolute atomic E-state index is 0.0390. The number of anilines is 1. The molecule has 2 aromatic rings. The van der Waals surface area contributed by atoms with Crippen molar-refractivity contribution in [3.05, 3.63) is 59.4 Å². The summed E-state index contributed by atoms with van der Waals surface area (Å²) in [7, 11) is 0. The Hall–Kier alpha value is -3.23. The van der Waals surface area contributed by atoms with Gasteiger partial charge >= 0.3 is 6.03 Å². The highest BCUT2D eigenvalue weighted by molar-refractivity contribution is 5.95. The molecule has 28 heavy (non-hydrogen) atoms. The molecule has 1 aliphatic heterocycles. The van der Waals surface area contributed by atoms with Crippen LogP contribution in [0.1, 0.15) is 18.4 Å². The van der Waals surface area contributed by atoms with E-state index < -0.39 is 41.3 Å². The number of carbonyl (C=O) groups is 2. The molecule has 0 saturated carbocycles. The third-order valence-electron chi connectivity index (χ3n) is 4.30. The van der Waals surface area contributed by atoms with Gasteiger partial charge in [0.2, 0.25) is 5.91 Å². The van der Waals surface area contributed by atoms with Crippen molar-refractivity contribution in [2.45, 2.75) is 18.9 Å². The number of hydrogen-bond donors (Lipinski definition) is 3. The zero-order valence-corrected chi connectivity index (χ0v) is 14.9. The van der Waals surface area contributed by atoms with E-state index in [0.717, 1.165) is 24.3 Å². The summed E-state index contributed by atoms with van der Waals surface area (Å²) in [4.78, 5) is 24.3. The Morgan fingerprint density at radius 3 is 2.43 bits per heavy atom. The number of hydrogen-bond acceptors (Lipinski definition) is 3. The van der Waals surface area contributed by atoms with Gasteiger partial charge in [-0.1, -0.05) is 0 Å². The molecule has 0 radical (unpaired) electrons. The summed E-state index contributed by atoms with van der Waals surface area (Å²) in [6, 6.07) is 5.14. The molecule has 1 fully saturated rings. The molecule has 0 aromatic heterocycles. The monoisotopic (exact) mass is 393 g/mol. The molecule has 1 heterocycles.